The Balaban J connectivity index is 0.00000260. The van der Waals surface area contributed by atoms with Gasteiger partial charge in [0.2, 0.25) is 0 Å². The summed E-state index contributed by atoms with van der Waals surface area (Å²) in [5.41, 5.74) is 5.26. The van der Waals surface area contributed by atoms with Crippen LogP contribution in [0.15, 0.2) is 92.4 Å². The summed E-state index contributed by atoms with van der Waals surface area (Å²) in [6.07, 6.45) is 14.7. The number of fused-ring (bicyclic) bond motifs is 4. The van der Waals surface area contributed by atoms with Crippen molar-refractivity contribution in [3.63, 3.8) is 0 Å². The summed E-state index contributed by atoms with van der Waals surface area (Å²) in [7, 11) is 0. The van der Waals surface area contributed by atoms with Gasteiger partial charge in [-0.3, -0.25) is 0 Å². The Hall–Kier alpha value is -2.40. The average molecular weight is 775 g/mol. The van der Waals surface area contributed by atoms with Gasteiger partial charge < -0.3 is 20.0 Å². The van der Waals surface area contributed by atoms with E-state index >= 15 is 0 Å². The molecule has 0 unspecified atom stereocenters. The molecule has 0 amide bonds. The summed E-state index contributed by atoms with van der Waals surface area (Å²) < 4.78 is 0. The predicted molar refractivity (Wildman–Crippen MR) is 201 cm³/mol. The minimum absolute atomic E-state index is 0. The molecule has 0 atom stereocenters. The summed E-state index contributed by atoms with van der Waals surface area (Å²) in [6.45, 7) is 6.26. The first-order chi connectivity index (χ1) is 22.6. The van der Waals surface area contributed by atoms with E-state index in [1.54, 1.807) is 35.7 Å². The van der Waals surface area contributed by atoms with Crippen LogP contribution in [0.1, 0.15) is 92.3 Å². The number of nitrogens with zero attached hydrogens (tertiary/aromatic N) is 2. The van der Waals surface area contributed by atoms with E-state index in [1.165, 1.54) is 85.4 Å². The number of para-hydroxylation sites is 2. The molecule has 6 rings (SSSR count). The Labute approximate surface area is 309 Å². The Morgan fingerprint density at radius 2 is 0.872 bits per heavy atom. The van der Waals surface area contributed by atoms with E-state index in [2.05, 4.69) is 72.2 Å². The van der Waals surface area contributed by atoms with Crippen molar-refractivity contribution in [2.24, 2.45) is 0 Å². The van der Waals surface area contributed by atoms with Crippen molar-refractivity contribution in [3.05, 3.63) is 72.8 Å². The molecule has 0 bridgehead atoms. The largest absolute Gasteiger partial charge is 0.872 e. The third-order valence-corrected chi connectivity index (χ3v) is 11.4. The monoisotopic (exact) mass is 773 g/mol. The molecule has 3 radical (unpaired) electrons. The van der Waals surface area contributed by atoms with Crippen LogP contribution in [0.3, 0.4) is 0 Å². The molecule has 0 saturated heterocycles. The zero-order chi connectivity index (χ0) is 31.9. The average Bonchev–Trinajstić information content (AvgIpc) is 3.07. The van der Waals surface area contributed by atoms with Crippen LogP contribution in [-0.4, -0.2) is 37.5 Å². The molecule has 47 heavy (non-hydrogen) atoms. The number of hydrogen-bond acceptors (Lipinski definition) is 6. The van der Waals surface area contributed by atoms with Crippen molar-refractivity contribution in [2.45, 2.75) is 110 Å². The van der Waals surface area contributed by atoms with Gasteiger partial charge in [0.05, 0.1) is 22.7 Å². The van der Waals surface area contributed by atoms with Crippen LogP contribution >= 0.6 is 23.5 Å². The van der Waals surface area contributed by atoms with Crippen molar-refractivity contribution in [3.8, 4) is 22.6 Å². The Bertz CT molecular complexity index is 1530. The van der Waals surface area contributed by atoms with E-state index in [1.807, 2.05) is 12.1 Å². The summed E-state index contributed by atoms with van der Waals surface area (Å²) in [4.78, 5) is 9.11. The maximum atomic E-state index is 13.8. The molecule has 0 aliphatic carbocycles. The van der Waals surface area contributed by atoms with E-state index in [9.17, 15) is 10.2 Å². The van der Waals surface area contributed by atoms with Crippen molar-refractivity contribution in [1.82, 2.24) is 0 Å². The number of benzene rings is 4. The van der Waals surface area contributed by atoms with Gasteiger partial charge in [-0.15, -0.1) is 0 Å². The fourth-order valence-electron chi connectivity index (χ4n) is 6.72. The summed E-state index contributed by atoms with van der Waals surface area (Å²) in [6, 6.07) is 24.4. The first-order valence-electron chi connectivity index (χ1n) is 17.4. The molecule has 0 N–H and O–H groups in total. The number of anilines is 4. The Morgan fingerprint density at radius 1 is 0.489 bits per heavy atom. The number of unbranched alkanes of at least 4 members (excludes halogenated alkanes) is 10. The molecule has 2 heterocycles. The van der Waals surface area contributed by atoms with Gasteiger partial charge in [-0.1, -0.05) is 137 Å². The summed E-state index contributed by atoms with van der Waals surface area (Å²) in [5.74, 6) is -0.178. The molecule has 0 aromatic heterocycles. The van der Waals surface area contributed by atoms with Gasteiger partial charge >= 0.3 is 0 Å². The van der Waals surface area contributed by atoms with Crippen LogP contribution in [0.5, 0.6) is 11.5 Å². The predicted octanol–water partition coefficient (Wildman–Crippen LogP) is 11.3. The maximum absolute atomic E-state index is 13.8. The topological polar surface area (TPSA) is 52.6 Å². The molecule has 249 valence electrons. The zero-order valence-electron chi connectivity index (χ0n) is 27.8. The number of rotatable bonds is 15. The Kier molecular flexibility index (Phi) is 13.2. The molecule has 4 nitrogen and oxygen atoms in total. The van der Waals surface area contributed by atoms with Crippen LogP contribution in [0.2, 0.25) is 0 Å². The van der Waals surface area contributed by atoms with Gasteiger partial charge in [-0.25, -0.2) is 0 Å². The van der Waals surface area contributed by atoms with E-state index in [4.69, 9.17) is 0 Å². The van der Waals surface area contributed by atoms with Crippen molar-refractivity contribution < 1.29 is 11.6 Å². The first kappa shape index (κ1) is 35.9. The van der Waals surface area contributed by atoms with Crippen molar-refractivity contribution in [1.29, 1.82) is 0 Å². The SMILES string of the molecule is CCCCCCCCN1c2ccccc2Sc2cc(-c3cc4c(cc3[O-])N(CCCCCCCC)c3ccccc3S4)c([O-])cc21.[HH].[Sb]. The zero-order valence-corrected chi connectivity index (χ0v) is 32.0. The third-order valence-electron chi connectivity index (χ3n) is 9.22. The molecular formula is C40H48N2O2S2Sb-2. The molecule has 4 aromatic carbocycles. The van der Waals surface area contributed by atoms with Crippen molar-refractivity contribution >= 4 is 70.7 Å². The normalized spacial score (nSPS) is 13.0. The summed E-state index contributed by atoms with van der Waals surface area (Å²) in [5, 5.41) is 27.7. The molecule has 4 aromatic rings. The summed E-state index contributed by atoms with van der Waals surface area (Å²) >= 11 is 3.40. The van der Waals surface area contributed by atoms with Gasteiger partial charge in [-0.05, 0) is 72.5 Å². The minimum atomic E-state index is -0.0890. The molecule has 2 aliphatic heterocycles. The molecule has 0 saturated carbocycles. The second-order valence-corrected chi connectivity index (χ2v) is 14.8. The standard InChI is InChI=1S/C40H48N2O2S2.Sb.H2/c1-3-5-7-9-11-17-23-41-31-19-13-15-21-37(31)45-39-25-29(35(43)27-33(39)41)30-26-40-34(28-36(30)44)42(24-18-12-10-8-6-4-2)32-20-14-16-22-38(32)46-40;;/h13-16,19-22,25-28,43-44H,3-12,17-18,23-24H2,1-2H3;;1H/p-2. The third kappa shape index (κ3) is 8.26. The van der Waals surface area contributed by atoms with Crippen LogP contribution in [0, 0.1) is 0 Å². The van der Waals surface area contributed by atoms with Gasteiger partial charge in [-0.2, -0.15) is 0 Å². The van der Waals surface area contributed by atoms with Crippen molar-refractivity contribution in [2.75, 3.05) is 22.9 Å². The second kappa shape index (κ2) is 17.3. The molecule has 0 spiro atoms. The maximum Gasteiger partial charge on any atom is 0.0552 e. The smallest absolute Gasteiger partial charge is 0.0552 e. The van der Waals surface area contributed by atoms with E-state index in [0.717, 1.165) is 47.1 Å². The minimum Gasteiger partial charge on any atom is -0.872 e. The van der Waals surface area contributed by atoms with E-state index in [-0.39, 0.29) is 37.4 Å². The van der Waals surface area contributed by atoms with E-state index < -0.39 is 0 Å². The Morgan fingerprint density at radius 3 is 1.30 bits per heavy atom. The molecule has 2 aliphatic rings. The van der Waals surface area contributed by atoms with Gasteiger partial charge in [0, 0.05) is 58.5 Å². The number of hydrogen-bond donors (Lipinski definition) is 0. The molecule has 0 fully saturated rings. The fraction of sp³-hybridized carbons (Fsp3) is 0.400. The van der Waals surface area contributed by atoms with Gasteiger partial charge in [0.1, 0.15) is 0 Å². The van der Waals surface area contributed by atoms with E-state index in [0.29, 0.717) is 11.1 Å². The second-order valence-electron chi connectivity index (χ2n) is 12.6. The molecular weight excluding hydrogens is 726 g/mol. The van der Waals surface area contributed by atoms with Crippen LogP contribution < -0.4 is 20.0 Å². The van der Waals surface area contributed by atoms with Crippen LogP contribution in [0.4, 0.5) is 22.7 Å². The quantitative estimate of drug-likeness (QED) is 0.0886. The van der Waals surface area contributed by atoms with Gasteiger partial charge in [0.15, 0.2) is 0 Å². The molecule has 7 heteroatoms. The fourth-order valence-corrected chi connectivity index (χ4v) is 8.95. The first-order valence-corrected chi connectivity index (χ1v) is 19.0. The van der Waals surface area contributed by atoms with Crippen LogP contribution in [0.25, 0.3) is 11.1 Å². The van der Waals surface area contributed by atoms with Crippen LogP contribution in [-0.2, 0) is 0 Å². The van der Waals surface area contributed by atoms with Gasteiger partial charge in [0.25, 0.3) is 0 Å².